The monoisotopic (exact) mass is 288 g/mol. The van der Waals surface area contributed by atoms with Crippen LogP contribution in [0.4, 0.5) is 4.79 Å². The van der Waals surface area contributed by atoms with Gasteiger partial charge in [0.1, 0.15) is 0 Å². The van der Waals surface area contributed by atoms with E-state index < -0.39 is 5.97 Å². The molecular formula is C13H24N2O3S. The van der Waals surface area contributed by atoms with Gasteiger partial charge < -0.3 is 15.3 Å². The van der Waals surface area contributed by atoms with E-state index >= 15 is 0 Å². The fourth-order valence-electron chi connectivity index (χ4n) is 2.63. The third-order valence-electron chi connectivity index (χ3n) is 3.67. The van der Waals surface area contributed by atoms with E-state index in [9.17, 15) is 9.59 Å². The maximum atomic E-state index is 12.2. The number of carbonyl (C=O) groups excluding carboxylic acids is 1. The van der Waals surface area contributed by atoms with Crippen LogP contribution < -0.4 is 5.32 Å². The first-order valence-electron chi connectivity index (χ1n) is 6.81. The van der Waals surface area contributed by atoms with Crippen molar-refractivity contribution in [2.45, 2.75) is 56.9 Å². The summed E-state index contributed by atoms with van der Waals surface area (Å²) in [4.78, 5) is 24.6. The summed E-state index contributed by atoms with van der Waals surface area (Å²) in [7, 11) is 0. The highest BCUT2D eigenvalue weighted by Crippen LogP contribution is 2.28. The Hall–Kier alpha value is -0.910. The predicted octanol–water partition coefficient (Wildman–Crippen LogP) is 2.17. The first kappa shape index (κ1) is 16.1. The maximum absolute atomic E-state index is 12.2. The van der Waals surface area contributed by atoms with E-state index in [0.717, 1.165) is 19.3 Å². The Balaban J connectivity index is 2.56. The second kappa shape index (κ2) is 7.62. The number of nitrogens with one attached hydrogen (secondary N) is 1. The van der Waals surface area contributed by atoms with Gasteiger partial charge in [-0.2, -0.15) is 11.8 Å². The van der Waals surface area contributed by atoms with Gasteiger partial charge in [-0.25, -0.2) is 4.79 Å². The highest BCUT2D eigenvalue weighted by Gasteiger charge is 2.30. The molecule has 0 aromatic rings. The zero-order chi connectivity index (χ0) is 14.4. The van der Waals surface area contributed by atoms with Crippen molar-refractivity contribution in [1.29, 1.82) is 0 Å². The van der Waals surface area contributed by atoms with Crippen LogP contribution in [0.1, 0.15) is 39.5 Å². The first-order chi connectivity index (χ1) is 8.99. The number of hydrogen-bond acceptors (Lipinski definition) is 3. The minimum Gasteiger partial charge on any atom is -0.481 e. The number of aliphatic carboxylic acids is 1. The smallest absolute Gasteiger partial charge is 0.317 e. The van der Waals surface area contributed by atoms with E-state index in [4.69, 9.17) is 5.11 Å². The minimum absolute atomic E-state index is 0.0160. The highest BCUT2D eigenvalue weighted by atomic mass is 32.2. The van der Waals surface area contributed by atoms with Crippen LogP contribution in [0.25, 0.3) is 0 Å². The largest absolute Gasteiger partial charge is 0.481 e. The Morgan fingerprint density at radius 1 is 1.47 bits per heavy atom. The number of nitrogens with zero attached hydrogens (tertiary/aromatic N) is 1. The molecule has 0 aromatic carbocycles. The van der Waals surface area contributed by atoms with E-state index in [0.29, 0.717) is 11.8 Å². The molecule has 1 aliphatic carbocycles. The Labute approximate surface area is 119 Å². The van der Waals surface area contributed by atoms with E-state index in [-0.39, 0.29) is 24.5 Å². The molecule has 1 rings (SSSR count). The van der Waals surface area contributed by atoms with Crippen LogP contribution in [-0.4, -0.2) is 52.1 Å². The van der Waals surface area contributed by atoms with Gasteiger partial charge in [0.05, 0.1) is 6.42 Å². The standard InChI is InChI=1S/C13H24N2O3S/c1-4-15(9(2)8-12(16)17)13(18)14-10-6-5-7-11(10)19-3/h9-11H,4-8H2,1-3H3,(H,14,18)(H,16,17). The molecule has 5 nitrogen and oxygen atoms in total. The number of urea groups is 1. The minimum atomic E-state index is -0.874. The van der Waals surface area contributed by atoms with Crippen LogP contribution in [-0.2, 0) is 4.79 Å². The molecule has 3 unspecified atom stereocenters. The van der Waals surface area contributed by atoms with Gasteiger partial charge in [0.2, 0.25) is 0 Å². The highest BCUT2D eigenvalue weighted by molar-refractivity contribution is 7.99. The summed E-state index contributed by atoms with van der Waals surface area (Å²) in [6.07, 6.45) is 5.36. The SMILES string of the molecule is CCN(C(=O)NC1CCCC1SC)C(C)CC(=O)O. The van der Waals surface area contributed by atoms with Gasteiger partial charge in [-0.15, -0.1) is 0 Å². The molecule has 3 atom stereocenters. The van der Waals surface area contributed by atoms with Crippen molar-refractivity contribution >= 4 is 23.8 Å². The Bertz CT molecular complexity index is 325. The van der Waals surface area contributed by atoms with Gasteiger partial charge in [-0.1, -0.05) is 6.42 Å². The summed E-state index contributed by atoms with van der Waals surface area (Å²) >= 11 is 1.79. The molecule has 0 bridgehead atoms. The van der Waals surface area contributed by atoms with Crippen molar-refractivity contribution in [3.8, 4) is 0 Å². The lowest BCUT2D eigenvalue weighted by Gasteiger charge is -2.30. The van der Waals surface area contributed by atoms with Crippen LogP contribution in [0.2, 0.25) is 0 Å². The summed E-state index contributed by atoms with van der Waals surface area (Å²) in [5.74, 6) is -0.874. The fourth-order valence-corrected chi connectivity index (χ4v) is 3.57. The third kappa shape index (κ3) is 4.60. The van der Waals surface area contributed by atoms with Gasteiger partial charge >= 0.3 is 12.0 Å². The average Bonchev–Trinajstić information content (AvgIpc) is 2.76. The number of carboxylic acids is 1. The Morgan fingerprint density at radius 2 is 2.16 bits per heavy atom. The molecule has 2 amide bonds. The maximum Gasteiger partial charge on any atom is 0.317 e. The van der Waals surface area contributed by atoms with Gasteiger partial charge in [0.25, 0.3) is 0 Å². The normalized spacial score (nSPS) is 23.9. The van der Waals surface area contributed by atoms with Crippen molar-refractivity contribution in [2.24, 2.45) is 0 Å². The molecule has 1 saturated carbocycles. The van der Waals surface area contributed by atoms with Crippen molar-refractivity contribution in [3.63, 3.8) is 0 Å². The fraction of sp³-hybridized carbons (Fsp3) is 0.846. The lowest BCUT2D eigenvalue weighted by atomic mass is 10.2. The molecule has 0 radical (unpaired) electrons. The van der Waals surface area contributed by atoms with Crippen molar-refractivity contribution < 1.29 is 14.7 Å². The van der Waals surface area contributed by atoms with Crippen molar-refractivity contribution in [2.75, 3.05) is 12.8 Å². The number of carbonyl (C=O) groups is 2. The predicted molar refractivity (Wildman–Crippen MR) is 77.6 cm³/mol. The molecule has 2 N–H and O–H groups in total. The number of hydrogen-bond donors (Lipinski definition) is 2. The zero-order valence-corrected chi connectivity index (χ0v) is 12.7. The summed E-state index contributed by atoms with van der Waals surface area (Å²) in [6.45, 7) is 4.17. The van der Waals surface area contributed by atoms with E-state index in [2.05, 4.69) is 11.6 Å². The van der Waals surface area contributed by atoms with Crippen LogP contribution in [0.5, 0.6) is 0 Å². The molecular weight excluding hydrogens is 264 g/mol. The molecule has 0 heterocycles. The van der Waals surface area contributed by atoms with Gasteiger partial charge in [-0.05, 0) is 32.9 Å². The Morgan fingerprint density at radius 3 is 2.68 bits per heavy atom. The molecule has 1 fully saturated rings. The van der Waals surface area contributed by atoms with Crippen molar-refractivity contribution in [1.82, 2.24) is 10.2 Å². The number of amides is 2. The second-order valence-electron chi connectivity index (χ2n) is 4.99. The van der Waals surface area contributed by atoms with E-state index in [1.54, 1.807) is 23.6 Å². The topological polar surface area (TPSA) is 69.6 Å². The molecule has 0 saturated heterocycles. The lowest BCUT2D eigenvalue weighted by molar-refractivity contribution is -0.138. The van der Waals surface area contributed by atoms with E-state index in [1.165, 1.54) is 0 Å². The molecule has 0 spiro atoms. The summed E-state index contributed by atoms with van der Waals surface area (Å²) in [5, 5.41) is 12.4. The van der Waals surface area contributed by atoms with Crippen LogP contribution in [0.15, 0.2) is 0 Å². The Kier molecular flexibility index (Phi) is 6.48. The lowest BCUT2D eigenvalue weighted by Crippen LogP contribution is -2.50. The summed E-state index contributed by atoms with van der Waals surface area (Å²) < 4.78 is 0. The molecule has 19 heavy (non-hydrogen) atoms. The summed E-state index contributed by atoms with van der Waals surface area (Å²) in [5.41, 5.74) is 0. The second-order valence-corrected chi connectivity index (χ2v) is 6.07. The molecule has 0 aliphatic heterocycles. The van der Waals surface area contributed by atoms with Gasteiger partial charge in [0, 0.05) is 23.9 Å². The summed E-state index contributed by atoms with van der Waals surface area (Å²) in [6, 6.07) is -0.201. The molecule has 6 heteroatoms. The number of thioether (sulfide) groups is 1. The molecule has 1 aliphatic rings. The van der Waals surface area contributed by atoms with Gasteiger partial charge in [0.15, 0.2) is 0 Å². The molecule has 110 valence electrons. The zero-order valence-electron chi connectivity index (χ0n) is 11.9. The van der Waals surface area contributed by atoms with Gasteiger partial charge in [-0.3, -0.25) is 4.79 Å². The molecule has 0 aromatic heterocycles. The number of rotatable bonds is 6. The average molecular weight is 288 g/mol. The van der Waals surface area contributed by atoms with Crippen LogP contribution in [0, 0.1) is 0 Å². The quantitative estimate of drug-likeness (QED) is 0.786. The van der Waals surface area contributed by atoms with Crippen LogP contribution in [0.3, 0.4) is 0 Å². The number of carboxylic acid groups (broad SMARTS) is 1. The van der Waals surface area contributed by atoms with Crippen LogP contribution >= 0.6 is 11.8 Å². The third-order valence-corrected chi connectivity index (χ3v) is 4.84. The first-order valence-corrected chi connectivity index (χ1v) is 8.10. The van der Waals surface area contributed by atoms with E-state index in [1.807, 2.05) is 6.92 Å². The van der Waals surface area contributed by atoms with Crippen molar-refractivity contribution in [3.05, 3.63) is 0 Å².